The second kappa shape index (κ2) is 11.0. The van der Waals surface area contributed by atoms with Crippen LogP contribution in [0.5, 0.6) is 11.5 Å². The van der Waals surface area contributed by atoms with Crippen LogP contribution < -0.4 is 9.64 Å². The highest BCUT2D eigenvalue weighted by Crippen LogP contribution is 2.34. The predicted octanol–water partition coefficient (Wildman–Crippen LogP) is 5.78. The molecule has 0 spiro atoms. The molecular weight excluding hydrogens is 494 g/mol. The molecule has 2 fully saturated rings. The third kappa shape index (κ3) is 5.53. The summed E-state index contributed by atoms with van der Waals surface area (Å²) < 4.78 is 7.34. The van der Waals surface area contributed by atoms with Gasteiger partial charge in [0.1, 0.15) is 17.3 Å². The largest absolute Gasteiger partial charge is 0.457 e. The number of fused-ring (bicyclic) bond motifs is 1. The lowest BCUT2D eigenvalue weighted by molar-refractivity contribution is 0.0700. The number of benzene rings is 1. The Labute approximate surface area is 228 Å². The first-order valence-electron chi connectivity index (χ1n) is 13.6. The maximum absolute atomic E-state index is 10.4. The van der Waals surface area contributed by atoms with E-state index in [1.54, 1.807) is 17.5 Å². The SMILES string of the molecule is CN(C)[C@@H]1CCN(c2ccc(-c3cc(Oc4ccc5nc(C[C@@H]6CCCC[C@H]6O)sc5c4)ccn3)cn2)C1. The molecule has 38 heavy (non-hydrogen) atoms. The molecule has 1 saturated carbocycles. The summed E-state index contributed by atoms with van der Waals surface area (Å²) >= 11 is 1.70. The molecule has 0 radical (unpaired) electrons. The van der Waals surface area contributed by atoms with E-state index in [0.717, 1.165) is 89.0 Å². The fourth-order valence-electron chi connectivity index (χ4n) is 5.62. The van der Waals surface area contributed by atoms with Crippen LogP contribution in [0, 0.1) is 5.92 Å². The summed E-state index contributed by atoms with van der Waals surface area (Å²) in [6.07, 6.45) is 9.83. The lowest BCUT2D eigenvalue weighted by Crippen LogP contribution is -2.31. The van der Waals surface area contributed by atoms with Gasteiger partial charge in [0.2, 0.25) is 0 Å². The van der Waals surface area contributed by atoms with Gasteiger partial charge in [-0.25, -0.2) is 9.97 Å². The Kier molecular flexibility index (Phi) is 7.28. The van der Waals surface area contributed by atoms with Crippen molar-refractivity contribution in [1.29, 1.82) is 0 Å². The zero-order valence-electron chi connectivity index (χ0n) is 22.1. The van der Waals surface area contributed by atoms with E-state index in [2.05, 4.69) is 47.1 Å². The van der Waals surface area contributed by atoms with Gasteiger partial charge in [-0.15, -0.1) is 11.3 Å². The van der Waals surface area contributed by atoms with Crippen molar-refractivity contribution in [2.45, 2.75) is 50.7 Å². The summed E-state index contributed by atoms with van der Waals surface area (Å²) in [5.74, 6) is 2.85. The normalized spacial score (nSPS) is 21.9. The number of thiazole rings is 1. The van der Waals surface area contributed by atoms with E-state index in [4.69, 9.17) is 14.7 Å². The quantitative estimate of drug-likeness (QED) is 0.325. The van der Waals surface area contributed by atoms with Crippen LogP contribution in [0.25, 0.3) is 21.5 Å². The molecule has 0 bridgehead atoms. The highest BCUT2D eigenvalue weighted by Gasteiger charge is 2.25. The van der Waals surface area contributed by atoms with Gasteiger partial charge in [-0.05, 0) is 69.6 Å². The molecule has 1 saturated heterocycles. The minimum absolute atomic E-state index is 0.197. The van der Waals surface area contributed by atoms with E-state index >= 15 is 0 Å². The number of aromatic nitrogens is 3. The lowest BCUT2D eigenvalue weighted by Gasteiger charge is -2.26. The van der Waals surface area contributed by atoms with Gasteiger partial charge in [-0.2, -0.15) is 0 Å². The van der Waals surface area contributed by atoms with Crippen molar-refractivity contribution in [3.8, 4) is 22.8 Å². The average molecular weight is 530 g/mol. The summed E-state index contributed by atoms with van der Waals surface area (Å²) in [5.41, 5.74) is 2.79. The van der Waals surface area contributed by atoms with Crippen molar-refractivity contribution in [3.63, 3.8) is 0 Å². The van der Waals surface area contributed by atoms with Crippen LogP contribution >= 0.6 is 11.3 Å². The summed E-state index contributed by atoms with van der Waals surface area (Å²) in [6.45, 7) is 2.04. The highest BCUT2D eigenvalue weighted by molar-refractivity contribution is 7.18. The fraction of sp³-hybridized carbons (Fsp3) is 0.433. The Morgan fingerprint density at radius 3 is 2.68 bits per heavy atom. The zero-order chi connectivity index (χ0) is 26.1. The molecule has 3 atom stereocenters. The molecule has 3 aromatic heterocycles. The molecule has 4 aromatic rings. The molecular formula is C30H35N5O2S. The first-order valence-corrected chi connectivity index (χ1v) is 14.4. The number of hydrogen-bond donors (Lipinski definition) is 1. The average Bonchev–Trinajstić information content (AvgIpc) is 3.58. The standard InChI is InChI=1S/C30H35N5O2S/c1-34(2)22-12-14-35(19-22)29-10-7-21(18-32-29)26-16-24(11-13-31-26)37-23-8-9-25-28(17-23)38-30(33-25)15-20-5-3-4-6-27(20)36/h7-11,13,16-18,20,22,27,36H,3-6,12,14-15,19H2,1-2H3/t20-,22+,27+/m0/s1. The van der Waals surface area contributed by atoms with Gasteiger partial charge in [-0.1, -0.05) is 12.8 Å². The van der Waals surface area contributed by atoms with Gasteiger partial charge in [0, 0.05) is 55.6 Å². The Hall–Kier alpha value is -3.07. The molecule has 4 heterocycles. The van der Waals surface area contributed by atoms with E-state index in [0.29, 0.717) is 12.0 Å². The maximum Gasteiger partial charge on any atom is 0.131 e. The van der Waals surface area contributed by atoms with Crippen LogP contribution in [0.15, 0.2) is 54.9 Å². The molecule has 1 N–H and O–H groups in total. The van der Waals surface area contributed by atoms with E-state index in [1.807, 2.05) is 30.5 Å². The molecule has 6 rings (SSSR count). The Bertz CT molecular complexity index is 1390. The second-order valence-electron chi connectivity index (χ2n) is 10.8. The molecule has 2 aliphatic rings. The molecule has 8 heteroatoms. The third-order valence-electron chi connectivity index (χ3n) is 7.94. The summed E-state index contributed by atoms with van der Waals surface area (Å²) in [4.78, 5) is 18.7. The molecule has 7 nitrogen and oxygen atoms in total. The minimum Gasteiger partial charge on any atom is -0.457 e. The Morgan fingerprint density at radius 1 is 1.03 bits per heavy atom. The van der Waals surface area contributed by atoms with Crippen LogP contribution in [-0.2, 0) is 6.42 Å². The van der Waals surface area contributed by atoms with Crippen molar-refractivity contribution >= 4 is 27.4 Å². The first-order chi connectivity index (χ1) is 18.5. The van der Waals surface area contributed by atoms with Crippen LogP contribution in [-0.4, -0.2) is 64.3 Å². The van der Waals surface area contributed by atoms with Gasteiger partial charge in [0.05, 0.1) is 27.0 Å². The molecule has 0 unspecified atom stereocenters. The monoisotopic (exact) mass is 529 g/mol. The van der Waals surface area contributed by atoms with Gasteiger partial charge < -0.3 is 19.6 Å². The zero-order valence-corrected chi connectivity index (χ0v) is 22.9. The molecule has 198 valence electrons. The van der Waals surface area contributed by atoms with Crippen LogP contribution in [0.4, 0.5) is 5.82 Å². The van der Waals surface area contributed by atoms with Crippen molar-refractivity contribution in [3.05, 3.63) is 59.9 Å². The first kappa shape index (κ1) is 25.2. The number of rotatable bonds is 7. The van der Waals surface area contributed by atoms with Crippen LogP contribution in [0.3, 0.4) is 0 Å². The number of pyridine rings is 2. The van der Waals surface area contributed by atoms with Gasteiger partial charge >= 0.3 is 0 Å². The van der Waals surface area contributed by atoms with Crippen molar-refractivity contribution < 1.29 is 9.84 Å². The molecule has 1 aromatic carbocycles. The fourth-order valence-corrected chi connectivity index (χ4v) is 6.71. The van der Waals surface area contributed by atoms with E-state index in [-0.39, 0.29) is 6.10 Å². The van der Waals surface area contributed by atoms with Crippen LogP contribution in [0.1, 0.15) is 37.1 Å². The van der Waals surface area contributed by atoms with Crippen molar-refractivity contribution in [2.24, 2.45) is 5.92 Å². The molecule has 0 amide bonds. The maximum atomic E-state index is 10.4. The van der Waals surface area contributed by atoms with Crippen molar-refractivity contribution in [1.82, 2.24) is 19.9 Å². The predicted molar refractivity (Wildman–Crippen MR) is 153 cm³/mol. The van der Waals surface area contributed by atoms with Gasteiger partial charge in [-0.3, -0.25) is 4.98 Å². The Balaban J connectivity index is 1.14. The van der Waals surface area contributed by atoms with Gasteiger partial charge in [0.15, 0.2) is 0 Å². The number of likely N-dealkylation sites (N-methyl/N-ethyl adjacent to an activating group) is 1. The summed E-state index contributed by atoms with van der Waals surface area (Å²) in [7, 11) is 4.28. The number of anilines is 1. The number of aliphatic hydroxyl groups is 1. The Morgan fingerprint density at radius 2 is 1.89 bits per heavy atom. The topological polar surface area (TPSA) is 74.6 Å². The number of aliphatic hydroxyl groups excluding tert-OH is 1. The van der Waals surface area contributed by atoms with Crippen molar-refractivity contribution in [2.75, 3.05) is 32.1 Å². The smallest absolute Gasteiger partial charge is 0.131 e. The molecule has 1 aliphatic heterocycles. The van der Waals surface area contributed by atoms with Crippen LogP contribution in [0.2, 0.25) is 0 Å². The second-order valence-corrected chi connectivity index (χ2v) is 11.9. The van der Waals surface area contributed by atoms with Gasteiger partial charge in [0.25, 0.3) is 0 Å². The number of hydrogen-bond acceptors (Lipinski definition) is 8. The summed E-state index contributed by atoms with van der Waals surface area (Å²) in [6, 6.07) is 14.6. The third-order valence-corrected chi connectivity index (χ3v) is 8.98. The lowest BCUT2D eigenvalue weighted by atomic mass is 9.84. The summed E-state index contributed by atoms with van der Waals surface area (Å²) in [5, 5.41) is 11.4. The number of nitrogens with zero attached hydrogens (tertiary/aromatic N) is 5. The minimum atomic E-state index is -0.197. The van der Waals surface area contributed by atoms with E-state index < -0.39 is 0 Å². The van der Waals surface area contributed by atoms with E-state index in [1.165, 1.54) is 6.42 Å². The number of ether oxygens (including phenoxy) is 1. The molecule has 1 aliphatic carbocycles. The highest BCUT2D eigenvalue weighted by atomic mass is 32.1. The van der Waals surface area contributed by atoms with E-state index in [9.17, 15) is 5.11 Å².